The smallest absolute Gasteiger partial charge is 0.199 e. The largest absolute Gasteiger partial charge is 0.369 e. The Kier molecular flexibility index (Phi) is 6.57. The molecule has 4 rings (SSSR count). The molecule has 2 aromatic carbocycles. The predicted octanol–water partition coefficient (Wildman–Crippen LogP) is 2.46. The lowest BCUT2D eigenvalue weighted by molar-refractivity contribution is 0.589. The van der Waals surface area contributed by atoms with E-state index >= 15 is 0 Å². The summed E-state index contributed by atoms with van der Waals surface area (Å²) >= 11 is 0. The summed E-state index contributed by atoms with van der Waals surface area (Å²) in [5, 5.41) is 6.48. The van der Waals surface area contributed by atoms with Crippen molar-refractivity contribution >= 4 is 38.7 Å². The number of nitrogens with one attached hydrogen (secondary N) is 2. The van der Waals surface area contributed by atoms with Gasteiger partial charge in [-0.1, -0.05) is 18.2 Å². The van der Waals surface area contributed by atoms with Crippen molar-refractivity contribution in [2.75, 3.05) is 42.7 Å². The number of allylic oxidation sites excluding steroid dienone is 1. The third kappa shape index (κ3) is 5.54. The lowest BCUT2D eigenvalue weighted by Gasteiger charge is -2.29. The van der Waals surface area contributed by atoms with Crippen molar-refractivity contribution in [3.63, 3.8) is 0 Å². The van der Waals surface area contributed by atoms with Gasteiger partial charge >= 0.3 is 0 Å². The van der Waals surface area contributed by atoms with E-state index in [2.05, 4.69) is 37.7 Å². The summed E-state index contributed by atoms with van der Waals surface area (Å²) in [6, 6.07) is 14.9. The second-order valence-electron chi connectivity index (χ2n) is 7.86. The third-order valence-corrected chi connectivity index (χ3v) is 6.53. The van der Waals surface area contributed by atoms with Gasteiger partial charge in [-0.15, -0.1) is 0 Å². The maximum absolute atomic E-state index is 11.7. The molecule has 1 fully saturated rings. The Morgan fingerprint density at radius 1 is 1.09 bits per heavy atom. The number of nitrogens with zero attached hydrogens (tertiary/aromatic N) is 3. The highest BCUT2D eigenvalue weighted by Gasteiger charge is 2.12. The van der Waals surface area contributed by atoms with Crippen molar-refractivity contribution < 1.29 is 8.42 Å². The number of hydrogen-bond acceptors (Lipinski definition) is 6. The lowest BCUT2D eigenvalue weighted by atomic mass is 10.1. The van der Waals surface area contributed by atoms with E-state index in [1.54, 1.807) is 24.3 Å². The van der Waals surface area contributed by atoms with E-state index in [-0.39, 0.29) is 10.9 Å². The van der Waals surface area contributed by atoms with E-state index in [1.807, 2.05) is 18.2 Å². The number of rotatable bonds is 4. The summed E-state index contributed by atoms with van der Waals surface area (Å²) in [6.07, 6.45) is 4.70. The number of guanidine groups is 1. The minimum absolute atomic E-state index is 0.285. The maximum atomic E-state index is 11.7. The molecule has 0 aromatic heterocycles. The van der Waals surface area contributed by atoms with Gasteiger partial charge in [-0.2, -0.15) is 4.99 Å². The Bertz CT molecular complexity index is 1150. The van der Waals surface area contributed by atoms with Crippen molar-refractivity contribution in [1.82, 2.24) is 5.32 Å². The fourth-order valence-corrected chi connectivity index (χ4v) is 4.34. The molecule has 0 atom stereocenters. The van der Waals surface area contributed by atoms with Gasteiger partial charge in [-0.05, 0) is 48.4 Å². The zero-order chi connectivity index (χ0) is 22.6. The summed E-state index contributed by atoms with van der Waals surface area (Å²) in [4.78, 5) is 11.7. The van der Waals surface area contributed by atoms with Crippen molar-refractivity contribution in [3.8, 4) is 0 Å². The quantitative estimate of drug-likeness (QED) is 0.485. The number of benzene rings is 2. The van der Waals surface area contributed by atoms with Crippen LogP contribution in [0.4, 0.5) is 11.4 Å². The first-order valence-electron chi connectivity index (χ1n) is 10.6. The molecule has 4 N–H and O–H groups in total. The van der Waals surface area contributed by atoms with Crippen LogP contribution in [0.1, 0.15) is 18.4 Å². The zero-order valence-corrected chi connectivity index (χ0v) is 18.9. The third-order valence-electron chi connectivity index (χ3n) is 5.40. The van der Waals surface area contributed by atoms with Crippen LogP contribution in [0.25, 0.3) is 5.70 Å². The van der Waals surface area contributed by atoms with Crippen molar-refractivity contribution in [2.24, 2.45) is 15.7 Å². The molecule has 0 bridgehead atoms. The van der Waals surface area contributed by atoms with Crippen molar-refractivity contribution in [3.05, 3.63) is 60.2 Å². The normalized spacial score (nSPS) is 17.5. The Labute approximate surface area is 188 Å². The van der Waals surface area contributed by atoms with Gasteiger partial charge in [0.25, 0.3) is 0 Å². The molecule has 0 aliphatic carbocycles. The highest BCUT2D eigenvalue weighted by molar-refractivity contribution is 7.90. The van der Waals surface area contributed by atoms with Crippen LogP contribution < -0.4 is 21.3 Å². The van der Waals surface area contributed by atoms with Gasteiger partial charge in [-0.25, -0.2) is 13.4 Å². The Balaban J connectivity index is 1.42. The van der Waals surface area contributed by atoms with E-state index in [9.17, 15) is 8.42 Å². The molecule has 0 radical (unpaired) electrons. The SMILES string of the molecule is CS(=O)(=O)c1ccc(C2=CCCC(N=C(N)Nc3ccc(N4CCNCC4)cc3)=N2)cc1. The number of aliphatic imine (C=N–C) groups is 2. The van der Waals surface area contributed by atoms with Gasteiger partial charge in [0, 0.05) is 50.2 Å². The number of amidine groups is 1. The minimum Gasteiger partial charge on any atom is -0.369 e. The van der Waals surface area contributed by atoms with Gasteiger partial charge in [-0.3, -0.25) is 0 Å². The van der Waals surface area contributed by atoms with Gasteiger partial charge in [0.15, 0.2) is 15.8 Å². The molecule has 0 spiro atoms. The number of anilines is 2. The van der Waals surface area contributed by atoms with Crippen LogP contribution >= 0.6 is 0 Å². The Morgan fingerprint density at radius 2 is 1.78 bits per heavy atom. The van der Waals surface area contributed by atoms with Crippen LogP contribution in [-0.4, -0.2) is 52.6 Å². The number of piperazine rings is 1. The molecule has 9 heteroatoms. The van der Waals surface area contributed by atoms with Crippen molar-refractivity contribution in [2.45, 2.75) is 17.7 Å². The van der Waals surface area contributed by atoms with Crippen LogP contribution in [-0.2, 0) is 9.84 Å². The summed E-state index contributed by atoms with van der Waals surface area (Å²) in [5.74, 6) is 0.921. The topological polar surface area (TPSA) is 112 Å². The molecule has 0 amide bonds. The van der Waals surface area contributed by atoms with Gasteiger partial charge < -0.3 is 21.3 Å². The molecule has 168 valence electrons. The maximum Gasteiger partial charge on any atom is 0.199 e. The van der Waals surface area contributed by atoms with Crippen LogP contribution in [0.2, 0.25) is 0 Å². The van der Waals surface area contributed by atoms with Crippen molar-refractivity contribution in [1.29, 1.82) is 0 Å². The monoisotopic (exact) mass is 452 g/mol. The molecule has 2 aliphatic heterocycles. The Morgan fingerprint density at radius 3 is 2.44 bits per heavy atom. The second kappa shape index (κ2) is 9.54. The number of sulfone groups is 1. The van der Waals surface area contributed by atoms with E-state index in [1.165, 1.54) is 11.9 Å². The number of nitrogens with two attached hydrogens (primary N) is 1. The van der Waals surface area contributed by atoms with Crippen LogP contribution in [0.15, 0.2) is 69.5 Å². The first-order chi connectivity index (χ1) is 15.4. The van der Waals surface area contributed by atoms with Gasteiger partial charge in [0.2, 0.25) is 0 Å². The van der Waals surface area contributed by atoms with E-state index < -0.39 is 9.84 Å². The Hall–Kier alpha value is -3.17. The fourth-order valence-electron chi connectivity index (χ4n) is 3.71. The van der Waals surface area contributed by atoms with Gasteiger partial charge in [0.1, 0.15) is 5.84 Å². The summed E-state index contributed by atoms with van der Waals surface area (Å²) < 4.78 is 23.3. The standard InChI is InChI=1S/C23H28N6O2S/c1-32(30,31)20-11-5-17(6-12-20)21-3-2-4-22(27-21)28-23(24)26-18-7-9-19(10-8-18)29-15-13-25-14-16-29/h3,5-12,25H,2,4,13-16H2,1H3,(H3,24,26,27,28). The van der Waals surface area contributed by atoms with Crippen LogP contribution in [0, 0.1) is 0 Å². The molecule has 2 aromatic rings. The lowest BCUT2D eigenvalue weighted by Crippen LogP contribution is -2.43. The van der Waals surface area contributed by atoms with E-state index in [4.69, 9.17) is 5.73 Å². The average molecular weight is 453 g/mol. The predicted molar refractivity (Wildman–Crippen MR) is 131 cm³/mol. The summed E-state index contributed by atoms with van der Waals surface area (Å²) in [7, 11) is -3.22. The molecule has 8 nitrogen and oxygen atoms in total. The fraction of sp³-hybridized carbons (Fsp3) is 0.304. The molecule has 2 heterocycles. The van der Waals surface area contributed by atoms with E-state index in [0.29, 0.717) is 12.3 Å². The average Bonchev–Trinajstić information content (AvgIpc) is 2.80. The second-order valence-corrected chi connectivity index (χ2v) is 9.87. The molecule has 2 aliphatic rings. The summed E-state index contributed by atoms with van der Waals surface area (Å²) in [6.45, 7) is 4.01. The van der Waals surface area contributed by atoms with Crippen LogP contribution in [0.5, 0.6) is 0 Å². The highest BCUT2D eigenvalue weighted by Crippen LogP contribution is 2.24. The molecule has 0 saturated carbocycles. The zero-order valence-electron chi connectivity index (χ0n) is 18.1. The highest BCUT2D eigenvalue weighted by atomic mass is 32.2. The first kappa shape index (κ1) is 22.0. The van der Waals surface area contributed by atoms with Gasteiger partial charge in [0.05, 0.1) is 10.6 Å². The minimum atomic E-state index is -3.22. The molecule has 1 saturated heterocycles. The molecular weight excluding hydrogens is 424 g/mol. The molecular formula is C23H28N6O2S. The molecule has 32 heavy (non-hydrogen) atoms. The van der Waals surface area contributed by atoms with E-state index in [0.717, 1.165) is 49.5 Å². The first-order valence-corrected chi connectivity index (χ1v) is 12.5. The number of hydrogen-bond donors (Lipinski definition) is 3. The summed E-state index contributed by atoms with van der Waals surface area (Å²) in [5.41, 5.74) is 9.80. The van der Waals surface area contributed by atoms with Crippen LogP contribution in [0.3, 0.4) is 0 Å². The molecule has 0 unspecified atom stereocenters.